The number of anilines is 1. The lowest BCUT2D eigenvalue weighted by molar-refractivity contribution is -0.115. The zero-order valence-corrected chi connectivity index (χ0v) is 19.4. The Hall–Kier alpha value is -3.30. The Bertz CT molecular complexity index is 1440. The molecule has 5 rings (SSSR count). The van der Waals surface area contributed by atoms with Crippen LogP contribution in [-0.2, 0) is 11.8 Å². The number of aryl methyl sites for hydroxylation is 2. The van der Waals surface area contributed by atoms with E-state index in [-0.39, 0.29) is 11.2 Å². The number of hydrogen-bond acceptors (Lipinski definition) is 7. The molecule has 1 amide bonds. The maximum absolute atomic E-state index is 12.8. The number of fused-ring (bicyclic) bond motifs is 2. The first-order valence-electron chi connectivity index (χ1n) is 10.1. The van der Waals surface area contributed by atoms with E-state index in [1.165, 1.54) is 28.4 Å². The van der Waals surface area contributed by atoms with Crippen molar-refractivity contribution in [2.75, 3.05) is 5.32 Å². The molecule has 0 radical (unpaired) electrons. The zero-order chi connectivity index (χ0) is 22.2. The van der Waals surface area contributed by atoms with Crippen LogP contribution in [0.4, 0.5) is 5.69 Å². The molecule has 1 atom stereocenters. The first kappa shape index (κ1) is 20.6. The van der Waals surface area contributed by atoms with Crippen molar-refractivity contribution in [2.24, 2.45) is 7.05 Å². The Morgan fingerprint density at radius 1 is 1.16 bits per heavy atom. The molecule has 1 N–H and O–H groups in total. The van der Waals surface area contributed by atoms with E-state index in [0.717, 1.165) is 37.8 Å². The Kier molecular flexibility index (Phi) is 5.36. The molecule has 0 spiro atoms. The molecule has 2 aromatic carbocycles. The van der Waals surface area contributed by atoms with Crippen LogP contribution in [0.2, 0.25) is 0 Å². The van der Waals surface area contributed by atoms with Crippen LogP contribution < -0.4 is 5.32 Å². The van der Waals surface area contributed by atoms with Gasteiger partial charge in [0.25, 0.3) is 0 Å². The van der Waals surface area contributed by atoms with E-state index in [0.29, 0.717) is 0 Å². The molecule has 32 heavy (non-hydrogen) atoms. The first-order chi connectivity index (χ1) is 15.5. The van der Waals surface area contributed by atoms with Gasteiger partial charge in [-0.25, -0.2) is 15.0 Å². The molecule has 3 aromatic heterocycles. The van der Waals surface area contributed by atoms with E-state index >= 15 is 0 Å². The third kappa shape index (κ3) is 3.96. The predicted octanol–water partition coefficient (Wildman–Crippen LogP) is 5.07. The molecule has 1 unspecified atom stereocenters. The highest BCUT2D eigenvalue weighted by Crippen LogP contribution is 2.32. The smallest absolute Gasteiger partial charge is 0.237 e. The molecule has 0 saturated carbocycles. The molecule has 5 aromatic rings. The van der Waals surface area contributed by atoms with Gasteiger partial charge in [0.05, 0.1) is 27.0 Å². The second kappa shape index (κ2) is 8.33. The van der Waals surface area contributed by atoms with Gasteiger partial charge in [-0.05, 0) is 55.8 Å². The van der Waals surface area contributed by atoms with Crippen LogP contribution in [0, 0.1) is 6.92 Å². The van der Waals surface area contributed by atoms with E-state index in [1.807, 2.05) is 38.2 Å². The van der Waals surface area contributed by atoms with Crippen LogP contribution in [0.5, 0.6) is 0 Å². The Balaban J connectivity index is 1.28. The summed E-state index contributed by atoms with van der Waals surface area (Å²) in [6.07, 6.45) is 3.23. The maximum atomic E-state index is 12.8. The number of hydrogen-bond donors (Lipinski definition) is 1. The average Bonchev–Trinajstić information content (AvgIpc) is 3.38. The topological polar surface area (TPSA) is 85.6 Å². The third-order valence-electron chi connectivity index (χ3n) is 5.09. The van der Waals surface area contributed by atoms with Crippen LogP contribution in [0.3, 0.4) is 0 Å². The average molecular weight is 461 g/mol. The van der Waals surface area contributed by atoms with Crippen molar-refractivity contribution in [3.8, 4) is 10.6 Å². The van der Waals surface area contributed by atoms with Gasteiger partial charge in [-0.1, -0.05) is 17.8 Å². The van der Waals surface area contributed by atoms with Gasteiger partial charge in [0.2, 0.25) is 5.91 Å². The van der Waals surface area contributed by atoms with Gasteiger partial charge in [-0.15, -0.1) is 11.3 Å². The lowest BCUT2D eigenvalue weighted by Gasteiger charge is -2.12. The number of rotatable bonds is 5. The summed E-state index contributed by atoms with van der Waals surface area (Å²) < 4.78 is 2.87. The van der Waals surface area contributed by atoms with Gasteiger partial charge in [0.15, 0.2) is 5.65 Å². The first-order valence-corrected chi connectivity index (χ1v) is 11.8. The molecule has 160 valence electrons. The Morgan fingerprint density at radius 3 is 2.78 bits per heavy atom. The number of aromatic nitrogens is 5. The van der Waals surface area contributed by atoms with E-state index in [4.69, 9.17) is 4.98 Å². The van der Waals surface area contributed by atoms with Crippen LogP contribution in [0.1, 0.15) is 12.5 Å². The number of carbonyl (C=O) groups is 1. The molecule has 9 heteroatoms. The molecule has 0 saturated heterocycles. The number of carbonyl (C=O) groups excluding carboxylic acids is 1. The summed E-state index contributed by atoms with van der Waals surface area (Å²) in [4.78, 5) is 26.1. The summed E-state index contributed by atoms with van der Waals surface area (Å²) in [7, 11) is 1.83. The number of benzene rings is 2. The SMILES string of the molecule is Cc1ccc2nc(-c3ccc(NC(=O)C(C)Sc4ncnc5c4cnn5C)cc3)sc2c1. The lowest BCUT2D eigenvalue weighted by Crippen LogP contribution is -2.22. The molecular formula is C23H20N6OS2. The predicted molar refractivity (Wildman–Crippen MR) is 130 cm³/mol. The van der Waals surface area contributed by atoms with Gasteiger partial charge in [0, 0.05) is 18.3 Å². The van der Waals surface area contributed by atoms with Crippen molar-refractivity contribution in [1.82, 2.24) is 24.7 Å². The fourth-order valence-corrected chi connectivity index (χ4v) is 5.30. The highest BCUT2D eigenvalue weighted by molar-refractivity contribution is 8.00. The lowest BCUT2D eigenvalue weighted by atomic mass is 10.2. The number of nitrogens with one attached hydrogen (secondary N) is 1. The molecular weight excluding hydrogens is 440 g/mol. The Morgan fingerprint density at radius 2 is 1.97 bits per heavy atom. The molecule has 3 heterocycles. The van der Waals surface area contributed by atoms with Crippen LogP contribution >= 0.6 is 23.1 Å². The normalized spacial score (nSPS) is 12.3. The molecule has 0 aliphatic rings. The number of thiazole rings is 1. The summed E-state index contributed by atoms with van der Waals surface area (Å²) in [6.45, 7) is 3.95. The zero-order valence-electron chi connectivity index (χ0n) is 17.7. The van der Waals surface area contributed by atoms with Crippen LogP contribution in [0.25, 0.3) is 31.8 Å². The quantitative estimate of drug-likeness (QED) is 0.291. The van der Waals surface area contributed by atoms with Crippen molar-refractivity contribution in [2.45, 2.75) is 24.1 Å². The number of amides is 1. The fraction of sp³-hybridized carbons (Fsp3) is 0.174. The molecule has 7 nitrogen and oxygen atoms in total. The highest BCUT2D eigenvalue weighted by Gasteiger charge is 2.18. The van der Waals surface area contributed by atoms with Gasteiger partial charge in [-0.3, -0.25) is 9.48 Å². The second-order valence-electron chi connectivity index (χ2n) is 7.50. The van der Waals surface area contributed by atoms with Crippen molar-refractivity contribution in [3.63, 3.8) is 0 Å². The summed E-state index contributed by atoms with van der Waals surface area (Å²) in [5, 5.41) is 9.43. The van der Waals surface area contributed by atoms with Crippen molar-refractivity contribution in [1.29, 1.82) is 0 Å². The summed E-state index contributed by atoms with van der Waals surface area (Å²) in [5.74, 6) is -0.0890. The largest absolute Gasteiger partial charge is 0.325 e. The summed E-state index contributed by atoms with van der Waals surface area (Å²) >= 11 is 3.06. The highest BCUT2D eigenvalue weighted by atomic mass is 32.2. The van der Waals surface area contributed by atoms with E-state index < -0.39 is 0 Å². The van der Waals surface area contributed by atoms with Gasteiger partial charge in [-0.2, -0.15) is 5.10 Å². The molecule has 0 aliphatic carbocycles. The molecule has 0 fully saturated rings. The molecule has 0 aliphatic heterocycles. The minimum Gasteiger partial charge on any atom is -0.325 e. The van der Waals surface area contributed by atoms with E-state index in [2.05, 4.69) is 45.5 Å². The summed E-state index contributed by atoms with van der Waals surface area (Å²) in [5.41, 5.74) is 4.76. The Labute approximate surface area is 192 Å². The monoisotopic (exact) mass is 460 g/mol. The standard InChI is InChI=1S/C23H20N6OS2/c1-13-4-9-18-19(10-13)32-22(28-18)15-5-7-16(8-6-15)27-21(30)14(2)31-23-17-11-26-29(3)20(17)24-12-25-23/h4-12,14H,1-3H3,(H,27,30). The van der Waals surface area contributed by atoms with Crippen LogP contribution in [0.15, 0.2) is 60.0 Å². The van der Waals surface area contributed by atoms with Gasteiger partial charge in [0.1, 0.15) is 16.4 Å². The fourth-order valence-electron chi connectivity index (χ4n) is 3.35. The van der Waals surface area contributed by atoms with Crippen molar-refractivity contribution >= 4 is 55.9 Å². The van der Waals surface area contributed by atoms with Crippen LogP contribution in [-0.4, -0.2) is 35.9 Å². The number of thioether (sulfide) groups is 1. The third-order valence-corrected chi connectivity index (χ3v) is 7.28. The van der Waals surface area contributed by atoms with Crippen molar-refractivity contribution in [3.05, 3.63) is 60.6 Å². The van der Waals surface area contributed by atoms with Crippen molar-refractivity contribution < 1.29 is 4.79 Å². The number of nitrogens with zero attached hydrogens (tertiary/aromatic N) is 5. The maximum Gasteiger partial charge on any atom is 0.237 e. The second-order valence-corrected chi connectivity index (χ2v) is 9.86. The van der Waals surface area contributed by atoms with Gasteiger partial charge >= 0.3 is 0 Å². The molecule has 0 bridgehead atoms. The minimum absolute atomic E-state index is 0.0890. The summed E-state index contributed by atoms with van der Waals surface area (Å²) in [6, 6.07) is 14.1. The van der Waals surface area contributed by atoms with E-state index in [9.17, 15) is 4.79 Å². The van der Waals surface area contributed by atoms with Gasteiger partial charge < -0.3 is 5.32 Å². The van der Waals surface area contributed by atoms with E-state index in [1.54, 1.807) is 22.2 Å². The minimum atomic E-state index is -0.333.